The van der Waals surface area contributed by atoms with Crippen LogP contribution in [-0.2, 0) is 17.8 Å². The Morgan fingerprint density at radius 3 is 2.43 bits per heavy atom. The van der Waals surface area contributed by atoms with E-state index in [1.165, 1.54) is 24.4 Å². The van der Waals surface area contributed by atoms with Crippen molar-refractivity contribution in [1.82, 2.24) is 5.43 Å². The summed E-state index contributed by atoms with van der Waals surface area (Å²) in [4.78, 5) is 22.9. The Morgan fingerprint density at radius 2 is 1.73 bits per heavy atom. The predicted octanol–water partition coefficient (Wildman–Crippen LogP) is 3.80. The summed E-state index contributed by atoms with van der Waals surface area (Å²) in [5.74, 6) is -1.02. The molecule has 6 nitrogen and oxygen atoms in total. The minimum Gasteiger partial charge on any atom is -0.489 e. The van der Waals surface area contributed by atoms with Crippen molar-refractivity contribution >= 4 is 18.1 Å². The van der Waals surface area contributed by atoms with Crippen molar-refractivity contribution in [3.8, 4) is 5.75 Å². The van der Waals surface area contributed by atoms with Crippen LogP contribution in [0.15, 0.2) is 77.9 Å². The van der Waals surface area contributed by atoms with Crippen molar-refractivity contribution in [1.29, 1.82) is 0 Å². The second-order valence-electron chi connectivity index (χ2n) is 6.46. The van der Waals surface area contributed by atoms with Crippen LogP contribution in [0.3, 0.4) is 0 Å². The van der Waals surface area contributed by atoms with Gasteiger partial charge in [-0.25, -0.2) is 14.6 Å². The highest BCUT2D eigenvalue weighted by Crippen LogP contribution is 2.14. The van der Waals surface area contributed by atoms with Crippen LogP contribution in [-0.4, -0.2) is 23.2 Å². The Morgan fingerprint density at radius 1 is 1.00 bits per heavy atom. The Hall–Kier alpha value is -4.00. The van der Waals surface area contributed by atoms with Crippen LogP contribution in [0.2, 0.25) is 0 Å². The van der Waals surface area contributed by atoms with Gasteiger partial charge >= 0.3 is 5.97 Å². The summed E-state index contributed by atoms with van der Waals surface area (Å²) in [5, 5.41) is 12.9. The number of nitrogens with zero attached hydrogens (tertiary/aromatic N) is 1. The third-order valence-electron chi connectivity index (χ3n) is 4.14. The number of carboxylic acids is 1. The van der Waals surface area contributed by atoms with E-state index >= 15 is 0 Å². The number of carbonyl (C=O) groups is 2. The van der Waals surface area contributed by atoms with E-state index in [4.69, 9.17) is 9.84 Å². The lowest BCUT2D eigenvalue weighted by atomic mass is 10.1. The van der Waals surface area contributed by atoms with Crippen molar-refractivity contribution in [2.24, 2.45) is 5.10 Å². The summed E-state index contributed by atoms with van der Waals surface area (Å²) in [7, 11) is 0. The zero-order chi connectivity index (χ0) is 21.3. The van der Waals surface area contributed by atoms with E-state index < -0.39 is 5.97 Å². The lowest BCUT2D eigenvalue weighted by Crippen LogP contribution is -2.19. The Bertz CT molecular complexity index is 1050. The monoisotopic (exact) mass is 406 g/mol. The van der Waals surface area contributed by atoms with E-state index in [-0.39, 0.29) is 30.3 Å². The summed E-state index contributed by atoms with van der Waals surface area (Å²) in [6.07, 6.45) is 1.61. The highest BCUT2D eigenvalue weighted by atomic mass is 19.1. The maximum Gasteiger partial charge on any atom is 0.335 e. The molecule has 1 amide bonds. The molecule has 30 heavy (non-hydrogen) atoms. The van der Waals surface area contributed by atoms with Crippen LogP contribution in [0.4, 0.5) is 4.39 Å². The van der Waals surface area contributed by atoms with Gasteiger partial charge in [0.15, 0.2) is 0 Å². The first kappa shape index (κ1) is 20.7. The number of halogens is 1. The molecule has 3 aromatic rings. The molecular formula is C23H19FN2O4. The summed E-state index contributed by atoms with van der Waals surface area (Å²) < 4.78 is 18.5. The van der Waals surface area contributed by atoms with Gasteiger partial charge in [-0.3, -0.25) is 4.79 Å². The molecule has 0 saturated carbocycles. The molecule has 0 aliphatic heterocycles. The van der Waals surface area contributed by atoms with Gasteiger partial charge in [0.25, 0.3) is 0 Å². The zero-order valence-corrected chi connectivity index (χ0v) is 15.9. The quantitative estimate of drug-likeness (QED) is 0.440. The van der Waals surface area contributed by atoms with E-state index in [0.29, 0.717) is 11.3 Å². The second-order valence-corrected chi connectivity index (χ2v) is 6.46. The Kier molecular flexibility index (Phi) is 6.89. The first-order chi connectivity index (χ1) is 14.5. The van der Waals surface area contributed by atoms with Crippen LogP contribution in [0, 0.1) is 5.82 Å². The molecule has 0 unspecified atom stereocenters. The van der Waals surface area contributed by atoms with E-state index in [1.54, 1.807) is 54.6 Å². The van der Waals surface area contributed by atoms with E-state index in [2.05, 4.69) is 10.5 Å². The maximum atomic E-state index is 12.9. The topological polar surface area (TPSA) is 88.0 Å². The number of amides is 1. The third-order valence-corrected chi connectivity index (χ3v) is 4.14. The second kappa shape index (κ2) is 9.97. The minimum atomic E-state index is -0.981. The first-order valence-corrected chi connectivity index (χ1v) is 9.11. The van der Waals surface area contributed by atoms with Crippen LogP contribution in [0.25, 0.3) is 0 Å². The minimum absolute atomic E-state index is 0.105. The van der Waals surface area contributed by atoms with Gasteiger partial charge in [-0.05, 0) is 65.2 Å². The summed E-state index contributed by atoms with van der Waals surface area (Å²) in [6, 6.07) is 19.3. The molecule has 152 valence electrons. The first-order valence-electron chi connectivity index (χ1n) is 9.11. The van der Waals surface area contributed by atoms with Gasteiger partial charge < -0.3 is 9.84 Å². The van der Waals surface area contributed by atoms with Crippen LogP contribution in [0.5, 0.6) is 5.75 Å². The SMILES string of the molecule is O=C(Cc1ccc(F)cc1)N/N=C/c1ccc(OCc2cccc(C(=O)O)c2)cc1. The van der Waals surface area contributed by atoms with Gasteiger partial charge in [0.1, 0.15) is 18.2 Å². The molecule has 0 fully saturated rings. The molecule has 0 atom stereocenters. The van der Waals surface area contributed by atoms with Crippen LogP contribution >= 0.6 is 0 Å². The van der Waals surface area contributed by atoms with Crippen molar-refractivity contribution < 1.29 is 23.8 Å². The number of hydrogen-bond donors (Lipinski definition) is 2. The van der Waals surface area contributed by atoms with Crippen molar-refractivity contribution in [2.75, 3.05) is 0 Å². The lowest BCUT2D eigenvalue weighted by molar-refractivity contribution is -0.120. The number of ether oxygens (including phenoxy) is 1. The highest BCUT2D eigenvalue weighted by Gasteiger charge is 2.04. The van der Waals surface area contributed by atoms with Crippen molar-refractivity contribution in [2.45, 2.75) is 13.0 Å². The molecular weight excluding hydrogens is 387 g/mol. The smallest absolute Gasteiger partial charge is 0.335 e. The average Bonchev–Trinajstić information content (AvgIpc) is 2.75. The number of aromatic carboxylic acids is 1. The summed E-state index contributed by atoms with van der Waals surface area (Å²) in [6.45, 7) is 0.244. The lowest BCUT2D eigenvalue weighted by Gasteiger charge is -2.07. The standard InChI is InChI=1S/C23H19FN2O4/c24-20-8-4-16(5-9-20)13-22(27)26-25-14-17-6-10-21(11-7-17)30-15-18-2-1-3-19(12-18)23(28)29/h1-12,14H,13,15H2,(H,26,27)(H,28,29)/b25-14+. The highest BCUT2D eigenvalue weighted by molar-refractivity contribution is 5.87. The van der Waals surface area contributed by atoms with Gasteiger partial charge in [-0.2, -0.15) is 5.10 Å². The molecule has 3 aromatic carbocycles. The number of carbonyl (C=O) groups excluding carboxylic acids is 1. The van der Waals surface area contributed by atoms with Crippen molar-refractivity contribution in [3.63, 3.8) is 0 Å². The van der Waals surface area contributed by atoms with Gasteiger partial charge in [-0.15, -0.1) is 0 Å². The number of hydrogen-bond acceptors (Lipinski definition) is 4. The van der Waals surface area contributed by atoms with Crippen LogP contribution < -0.4 is 10.2 Å². The number of carboxylic acid groups (broad SMARTS) is 1. The molecule has 0 saturated heterocycles. The largest absolute Gasteiger partial charge is 0.489 e. The Labute approximate surface area is 172 Å². The average molecular weight is 406 g/mol. The van der Waals surface area contributed by atoms with Gasteiger partial charge in [0, 0.05) is 0 Å². The number of nitrogens with one attached hydrogen (secondary N) is 1. The molecule has 0 bridgehead atoms. The maximum absolute atomic E-state index is 12.9. The summed E-state index contributed by atoms with van der Waals surface area (Å²) >= 11 is 0. The molecule has 0 spiro atoms. The zero-order valence-electron chi connectivity index (χ0n) is 15.9. The molecule has 3 rings (SSSR count). The van der Waals surface area contributed by atoms with Gasteiger partial charge in [0.05, 0.1) is 18.2 Å². The molecule has 0 heterocycles. The third kappa shape index (κ3) is 6.27. The van der Waals surface area contributed by atoms with E-state index in [9.17, 15) is 14.0 Å². The van der Waals surface area contributed by atoms with Gasteiger partial charge in [0.2, 0.25) is 5.91 Å². The molecule has 7 heteroatoms. The fourth-order valence-corrected chi connectivity index (χ4v) is 2.62. The van der Waals surface area contributed by atoms with E-state index in [1.807, 2.05) is 0 Å². The fourth-order valence-electron chi connectivity index (χ4n) is 2.62. The molecule has 0 aliphatic carbocycles. The molecule has 0 radical (unpaired) electrons. The number of rotatable bonds is 8. The summed E-state index contributed by atoms with van der Waals surface area (Å²) in [5.41, 5.74) is 4.85. The van der Waals surface area contributed by atoms with Crippen LogP contribution in [0.1, 0.15) is 27.0 Å². The van der Waals surface area contributed by atoms with E-state index in [0.717, 1.165) is 11.1 Å². The molecule has 0 aliphatic rings. The van der Waals surface area contributed by atoms with Gasteiger partial charge in [-0.1, -0.05) is 24.3 Å². The molecule has 0 aromatic heterocycles. The van der Waals surface area contributed by atoms with Crippen molar-refractivity contribution in [3.05, 3.63) is 101 Å². The number of benzene rings is 3. The normalized spacial score (nSPS) is 10.7. The predicted molar refractivity (Wildman–Crippen MR) is 110 cm³/mol. The molecule has 2 N–H and O–H groups in total. The Balaban J connectivity index is 1.48. The number of hydrazone groups is 1. The fraction of sp³-hybridized carbons (Fsp3) is 0.0870.